The van der Waals surface area contributed by atoms with Crippen LogP contribution in [0, 0.1) is 5.41 Å². The molecule has 0 bridgehead atoms. The molecule has 2 N–H and O–H groups in total. The van der Waals surface area contributed by atoms with Crippen molar-refractivity contribution in [3.63, 3.8) is 0 Å². The molecule has 1 fully saturated rings. The van der Waals surface area contributed by atoms with Crippen molar-refractivity contribution in [3.8, 4) is 0 Å². The topological polar surface area (TPSA) is 44.5 Å². The Bertz CT molecular complexity index is 217. The van der Waals surface area contributed by atoms with Gasteiger partial charge in [0, 0.05) is 18.4 Å². The quantitative estimate of drug-likeness (QED) is 0.648. The maximum absolute atomic E-state index is 5.73. The highest BCUT2D eigenvalue weighted by Crippen LogP contribution is 2.49. The molecule has 0 radical (unpaired) electrons. The van der Waals surface area contributed by atoms with Gasteiger partial charge < -0.3 is 15.2 Å². The lowest BCUT2D eigenvalue weighted by atomic mass is 10.0. The number of hydrogen-bond donors (Lipinski definition) is 1. The van der Waals surface area contributed by atoms with Gasteiger partial charge in [0.25, 0.3) is 0 Å². The molecular formula is C11H21NO2S. The second-order valence-corrected chi connectivity index (χ2v) is 4.95. The molecule has 0 saturated heterocycles. The Balaban J connectivity index is 2.16. The zero-order chi connectivity index (χ0) is 11.3. The van der Waals surface area contributed by atoms with Gasteiger partial charge in [0.05, 0.1) is 24.3 Å². The minimum atomic E-state index is 0.161. The second-order valence-electron chi connectivity index (χ2n) is 4.42. The molecule has 1 unspecified atom stereocenters. The first kappa shape index (κ1) is 12.9. The average molecular weight is 231 g/mol. The Labute approximate surface area is 97.3 Å². The fraction of sp³-hybridized carbons (Fsp3) is 0.909. The van der Waals surface area contributed by atoms with E-state index in [9.17, 15) is 0 Å². The maximum Gasteiger partial charge on any atom is 0.0780 e. The smallest absolute Gasteiger partial charge is 0.0780 e. The van der Waals surface area contributed by atoms with Gasteiger partial charge in [-0.15, -0.1) is 0 Å². The summed E-state index contributed by atoms with van der Waals surface area (Å²) in [4.78, 5) is 0.605. The molecule has 4 heteroatoms. The van der Waals surface area contributed by atoms with Crippen molar-refractivity contribution in [2.24, 2.45) is 11.1 Å². The van der Waals surface area contributed by atoms with Crippen LogP contribution < -0.4 is 5.73 Å². The normalized spacial score (nSPS) is 19.9. The van der Waals surface area contributed by atoms with Crippen molar-refractivity contribution in [3.05, 3.63) is 0 Å². The molecule has 0 aromatic rings. The van der Waals surface area contributed by atoms with Crippen molar-refractivity contribution < 1.29 is 9.47 Å². The van der Waals surface area contributed by atoms with Crippen LogP contribution in [0.15, 0.2) is 0 Å². The van der Waals surface area contributed by atoms with Crippen LogP contribution in [-0.2, 0) is 9.47 Å². The van der Waals surface area contributed by atoms with Crippen LogP contribution in [-0.4, -0.2) is 30.9 Å². The Morgan fingerprint density at radius 2 is 2.20 bits per heavy atom. The largest absolute Gasteiger partial charge is 0.393 e. The molecule has 3 nitrogen and oxygen atoms in total. The van der Waals surface area contributed by atoms with E-state index in [1.807, 2.05) is 13.8 Å². The molecule has 0 aromatic carbocycles. The van der Waals surface area contributed by atoms with Crippen LogP contribution in [0.2, 0.25) is 0 Å². The number of hydrogen-bond acceptors (Lipinski definition) is 3. The summed E-state index contributed by atoms with van der Waals surface area (Å²) in [5.41, 5.74) is 5.81. The Hall–Kier alpha value is -0.190. The van der Waals surface area contributed by atoms with Gasteiger partial charge >= 0.3 is 0 Å². The fourth-order valence-electron chi connectivity index (χ4n) is 1.57. The van der Waals surface area contributed by atoms with Crippen LogP contribution in [0.4, 0.5) is 0 Å². The van der Waals surface area contributed by atoms with Gasteiger partial charge in [-0.05, 0) is 26.7 Å². The highest BCUT2D eigenvalue weighted by atomic mass is 32.1. The SMILES string of the molecule is CCOCC(C)OCC1(CC(N)=S)CC1. The van der Waals surface area contributed by atoms with Crippen LogP contribution >= 0.6 is 12.2 Å². The average Bonchev–Trinajstić information content (AvgIpc) is 2.91. The van der Waals surface area contributed by atoms with E-state index in [4.69, 9.17) is 27.4 Å². The van der Waals surface area contributed by atoms with Crippen molar-refractivity contribution in [2.45, 2.75) is 39.2 Å². The third kappa shape index (κ3) is 4.91. The summed E-state index contributed by atoms with van der Waals surface area (Å²) >= 11 is 4.93. The minimum absolute atomic E-state index is 0.161. The van der Waals surface area contributed by atoms with E-state index >= 15 is 0 Å². The summed E-state index contributed by atoms with van der Waals surface area (Å²) in [5.74, 6) is 0. The first-order chi connectivity index (χ1) is 7.08. The van der Waals surface area contributed by atoms with Crippen LogP contribution in [0.3, 0.4) is 0 Å². The first-order valence-electron chi connectivity index (χ1n) is 5.55. The zero-order valence-corrected chi connectivity index (χ0v) is 10.4. The molecule has 88 valence electrons. The number of thiocarbonyl (C=S) groups is 1. The van der Waals surface area contributed by atoms with Crippen LogP contribution in [0.25, 0.3) is 0 Å². The molecule has 0 heterocycles. The van der Waals surface area contributed by atoms with E-state index in [1.54, 1.807) is 0 Å². The summed E-state index contributed by atoms with van der Waals surface area (Å²) in [6.45, 7) is 6.19. The molecule has 0 amide bonds. The van der Waals surface area contributed by atoms with Gasteiger partial charge in [-0.2, -0.15) is 0 Å². The highest BCUT2D eigenvalue weighted by molar-refractivity contribution is 7.80. The van der Waals surface area contributed by atoms with Gasteiger partial charge in [0.1, 0.15) is 0 Å². The van der Waals surface area contributed by atoms with Crippen molar-refractivity contribution in [2.75, 3.05) is 19.8 Å². The summed E-state index contributed by atoms with van der Waals surface area (Å²) in [6, 6.07) is 0. The lowest BCUT2D eigenvalue weighted by molar-refractivity contribution is -0.0203. The van der Waals surface area contributed by atoms with Gasteiger partial charge in [0.2, 0.25) is 0 Å². The molecule has 0 spiro atoms. The molecule has 15 heavy (non-hydrogen) atoms. The summed E-state index contributed by atoms with van der Waals surface area (Å²) in [5, 5.41) is 0. The van der Waals surface area contributed by atoms with Gasteiger partial charge in [-0.3, -0.25) is 0 Å². The summed E-state index contributed by atoms with van der Waals surface area (Å²) < 4.78 is 11.0. The molecular weight excluding hydrogens is 210 g/mol. The number of ether oxygens (including phenoxy) is 2. The molecule has 0 aromatic heterocycles. The molecule has 1 atom stereocenters. The van der Waals surface area contributed by atoms with Crippen LogP contribution in [0.1, 0.15) is 33.1 Å². The third-order valence-electron chi connectivity index (χ3n) is 2.74. The van der Waals surface area contributed by atoms with Crippen molar-refractivity contribution >= 4 is 17.2 Å². The molecule has 1 rings (SSSR count). The van der Waals surface area contributed by atoms with E-state index in [1.165, 1.54) is 12.8 Å². The number of nitrogens with two attached hydrogens (primary N) is 1. The number of rotatable bonds is 8. The Morgan fingerprint density at radius 1 is 1.53 bits per heavy atom. The van der Waals surface area contributed by atoms with E-state index in [-0.39, 0.29) is 11.5 Å². The van der Waals surface area contributed by atoms with Gasteiger partial charge in [-0.25, -0.2) is 0 Å². The van der Waals surface area contributed by atoms with Crippen molar-refractivity contribution in [1.82, 2.24) is 0 Å². The predicted molar refractivity (Wildman–Crippen MR) is 65.0 cm³/mol. The minimum Gasteiger partial charge on any atom is -0.393 e. The summed E-state index contributed by atoms with van der Waals surface area (Å²) in [6.07, 6.45) is 3.36. The monoisotopic (exact) mass is 231 g/mol. The third-order valence-corrected chi connectivity index (χ3v) is 2.88. The molecule has 1 aliphatic carbocycles. The Kier molecular flexibility index (Phi) is 4.96. The van der Waals surface area contributed by atoms with Gasteiger partial charge in [0.15, 0.2) is 0 Å². The second kappa shape index (κ2) is 5.77. The molecule has 1 aliphatic rings. The predicted octanol–water partition coefficient (Wildman–Crippen LogP) is 1.88. The fourth-order valence-corrected chi connectivity index (χ4v) is 1.88. The molecule has 1 saturated carbocycles. The zero-order valence-electron chi connectivity index (χ0n) is 9.62. The highest BCUT2D eigenvalue weighted by Gasteiger charge is 2.43. The maximum atomic E-state index is 5.73. The Morgan fingerprint density at radius 3 is 2.67 bits per heavy atom. The van der Waals surface area contributed by atoms with E-state index in [2.05, 4.69) is 0 Å². The lowest BCUT2D eigenvalue weighted by Crippen LogP contribution is -2.24. The summed E-state index contributed by atoms with van der Waals surface area (Å²) in [7, 11) is 0. The van der Waals surface area contributed by atoms with Crippen molar-refractivity contribution in [1.29, 1.82) is 0 Å². The van der Waals surface area contributed by atoms with Crippen LogP contribution in [0.5, 0.6) is 0 Å². The van der Waals surface area contributed by atoms with Gasteiger partial charge in [-0.1, -0.05) is 12.2 Å². The molecule has 0 aliphatic heterocycles. The lowest BCUT2D eigenvalue weighted by Gasteiger charge is -2.18. The standard InChI is InChI=1S/C11H21NO2S/c1-3-13-7-9(2)14-8-11(4-5-11)6-10(12)15/h9H,3-8H2,1-2H3,(H2,12,15). The first-order valence-corrected chi connectivity index (χ1v) is 5.96. The van der Waals surface area contributed by atoms with E-state index in [0.29, 0.717) is 11.6 Å². The van der Waals surface area contributed by atoms with E-state index in [0.717, 1.165) is 19.6 Å². The van der Waals surface area contributed by atoms with E-state index < -0.39 is 0 Å².